The van der Waals surface area contributed by atoms with Gasteiger partial charge in [-0.05, 0) is 41.3 Å². The average Bonchev–Trinajstić information content (AvgIpc) is 3.24. The summed E-state index contributed by atoms with van der Waals surface area (Å²) in [5, 5.41) is 9.87. The van der Waals surface area contributed by atoms with E-state index in [2.05, 4.69) is 33.1 Å². The van der Waals surface area contributed by atoms with Crippen LogP contribution >= 0.6 is 11.3 Å². The van der Waals surface area contributed by atoms with Gasteiger partial charge in [0.2, 0.25) is 5.95 Å². The molecule has 0 saturated carbocycles. The summed E-state index contributed by atoms with van der Waals surface area (Å²) in [5.41, 5.74) is 2.05. The third kappa shape index (κ3) is 4.17. The van der Waals surface area contributed by atoms with Crippen LogP contribution in [0, 0.1) is 0 Å². The fourth-order valence-corrected chi connectivity index (χ4v) is 3.44. The summed E-state index contributed by atoms with van der Waals surface area (Å²) in [6.45, 7) is 1.39. The molecule has 2 aromatic heterocycles. The second kappa shape index (κ2) is 8.05. The number of anilines is 2. The highest BCUT2D eigenvalue weighted by Crippen LogP contribution is 2.23. The Morgan fingerprint density at radius 2 is 1.74 bits per heavy atom. The fourth-order valence-electron chi connectivity index (χ4n) is 2.80. The maximum atomic E-state index is 5.20. The van der Waals surface area contributed by atoms with Gasteiger partial charge in [0.25, 0.3) is 0 Å². The van der Waals surface area contributed by atoms with Crippen LogP contribution in [-0.2, 0) is 13.1 Å². The van der Waals surface area contributed by atoms with Crippen LogP contribution < -0.4 is 15.4 Å². The number of benzene rings is 2. The number of rotatable bonds is 7. The third-order valence-electron chi connectivity index (χ3n) is 4.22. The molecule has 2 heterocycles. The van der Waals surface area contributed by atoms with E-state index >= 15 is 0 Å². The minimum absolute atomic E-state index is 0.609. The molecule has 0 spiro atoms. The van der Waals surface area contributed by atoms with Crippen LogP contribution in [-0.4, -0.2) is 17.1 Å². The molecule has 0 bridgehead atoms. The molecule has 5 nitrogen and oxygen atoms in total. The van der Waals surface area contributed by atoms with Gasteiger partial charge in [-0.15, -0.1) is 11.3 Å². The monoisotopic (exact) mass is 376 g/mol. The van der Waals surface area contributed by atoms with Gasteiger partial charge < -0.3 is 15.4 Å². The number of hydrogen-bond acceptors (Lipinski definition) is 6. The summed E-state index contributed by atoms with van der Waals surface area (Å²) in [5.74, 6) is 2.30. The van der Waals surface area contributed by atoms with E-state index in [0.29, 0.717) is 12.5 Å². The Hall–Kier alpha value is -3.12. The molecule has 0 saturated heterocycles. The summed E-state index contributed by atoms with van der Waals surface area (Å²) in [4.78, 5) is 10.6. The Morgan fingerprint density at radius 1 is 0.889 bits per heavy atom. The first-order valence-corrected chi connectivity index (χ1v) is 9.59. The quantitative estimate of drug-likeness (QED) is 0.479. The lowest BCUT2D eigenvalue weighted by Gasteiger charge is -2.11. The van der Waals surface area contributed by atoms with Gasteiger partial charge in [0.1, 0.15) is 11.6 Å². The van der Waals surface area contributed by atoms with Gasteiger partial charge in [-0.1, -0.05) is 30.3 Å². The number of fused-ring (bicyclic) bond motifs is 1. The van der Waals surface area contributed by atoms with Gasteiger partial charge in [0.15, 0.2) is 0 Å². The van der Waals surface area contributed by atoms with Crippen LogP contribution in [0.5, 0.6) is 5.75 Å². The van der Waals surface area contributed by atoms with Crippen molar-refractivity contribution >= 4 is 34.0 Å². The molecule has 0 radical (unpaired) electrons. The van der Waals surface area contributed by atoms with Crippen molar-refractivity contribution in [3.8, 4) is 5.75 Å². The predicted octanol–water partition coefficient (Wildman–Crippen LogP) is 4.92. The summed E-state index contributed by atoms with van der Waals surface area (Å²) in [6.07, 6.45) is 0. The molecule has 27 heavy (non-hydrogen) atoms. The number of nitrogens with zero attached hydrogens (tertiary/aromatic N) is 2. The Bertz CT molecular complexity index is 1020. The van der Waals surface area contributed by atoms with Gasteiger partial charge in [-0.25, -0.2) is 4.98 Å². The molecule has 0 fully saturated rings. The van der Waals surface area contributed by atoms with Crippen LogP contribution in [0.3, 0.4) is 0 Å². The standard InChI is InChI=1S/C21H20N4OS/c1-26-16-10-8-15(9-11-16)13-23-21-24-19-7-3-2-6-18(19)20(25-21)22-14-17-5-4-12-27-17/h2-12H,13-14H2,1H3,(H2,22,23,24,25). The van der Waals surface area contributed by atoms with E-state index in [1.807, 2.05) is 48.5 Å². The SMILES string of the molecule is COc1ccc(CNc2nc(NCc3cccs3)c3ccccc3n2)cc1. The molecule has 4 rings (SSSR count). The fraction of sp³-hybridized carbons (Fsp3) is 0.143. The van der Waals surface area contributed by atoms with E-state index in [1.54, 1.807) is 18.4 Å². The second-order valence-corrected chi connectivity index (χ2v) is 7.08. The number of methoxy groups -OCH3 is 1. The van der Waals surface area contributed by atoms with Gasteiger partial charge in [0, 0.05) is 16.8 Å². The first-order valence-electron chi connectivity index (χ1n) is 8.71. The highest BCUT2D eigenvalue weighted by atomic mass is 32.1. The molecule has 136 valence electrons. The van der Waals surface area contributed by atoms with E-state index < -0.39 is 0 Å². The lowest BCUT2D eigenvalue weighted by Crippen LogP contribution is -2.07. The molecule has 0 atom stereocenters. The minimum Gasteiger partial charge on any atom is -0.497 e. The molecule has 0 amide bonds. The van der Waals surface area contributed by atoms with E-state index in [-0.39, 0.29) is 0 Å². The summed E-state index contributed by atoms with van der Waals surface area (Å²) in [6, 6.07) is 20.2. The largest absolute Gasteiger partial charge is 0.497 e. The van der Waals surface area contributed by atoms with Crippen LogP contribution in [0.15, 0.2) is 66.0 Å². The Morgan fingerprint density at radius 3 is 2.52 bits per heavy atom. The number of ether oxygens (including phenoxy) is 1. The molecule has 2 aromatic carbocycles. The zero-order chi connectivity index (χ0) is 18.5. The highest BCUT2D eigenvalue weighted by Gasteiger charge is 2.08. The van der Waals surface area contributed by atoms with Gasteiger partial charge in [-0.2, -0.15) is 4.98 Å². The molecule has 0 aliphatic heterocycles. The molecular formula is C21H20N4OS. The number of hydrogen-bond donors (Lipinski definition) is 2. The number of aromatic nitrogens is 2. The van der Waals surface area contributed by atoms with E-state index in [1.165, 1.54) is 4.88 Å². The molecular weight excluding hydrogens is 356 g/mol. The lowest BCUT2D eigenvalue weighted by molar-refractivity contribution is 0.414. The highest BCUT2D eigenvalue weighted by molar-refractivity contribution is 7.09. The van der Waals surface area contributed by atoms with Crippen molar-refractivity contribution in [1.29, 1.82) is 0 Å². The van der Waals surface area contributed by atoms with Gasteiger partial charge in [-0.3, -0.25) is 0 Å². The maximum Gasteiger partial charge on any atom is 0.225 e. The van der Waals surface area contributed by atoms with Crippen molar-refractivity contribution in [2.75, 3.05) is 17.7 Å². The zero-order valence-electron chi connectivity index (χ0n) is 15.0. The molecule has 4 aromatic rings. The molecule has 6 heteroatoms. The van der Waals surface area contributed by atoms with Crippen molar-refractivity contribution in [3.63, 3.8) is 0 Å². The zero-order valence-corrected chi connectivity index (χ0v) is 15.8. The van der Waals surface area contributed by atoms with E-state index in [9.17, 15) is 0 Å². The van der Waals surface area contributed by atoms with Crippen molar-refractivity contribution in [3.05, 3.63) is 76.5 Å². The van der Waals surface area contributed by atoms with Crippen LogP contribution in [0.4, 0.5) is 11.8 Å². The van der Waals surface area contributed by atoms with E-state index in [0.717, 1.165) is 34.6 Å². The maximum absolute atomic E-state index is 5.20. The normalized spacial score (nSPS) is 10.7. The number of nitrogens with one attached hydrogen (secondary N) is 2. The summed E-state index contributed by atoms with van der Waals surface area (Å²) < 4.78 is 5.20. The van der Waals surface area contributed by atoms with Crippen molar-refractivity contribution < 1.29 is 4.74 Å². The van der Waals surface area contributed by atoms with Gasteiger partial charge in [0.05, 0.1) is 19.2 Å². The molecule has 0 unspecified atom stereocenters. The summed E-state index contributed by atoms with van der Waals surface area (Å²) in [7, 11) is 1.67. The molecule has 0 aliphatic rings. The first kappa shape index (κ1) is 17.3. The minimum atomic E-state index is 0.609. The first-order chi connectivity index (χ1) is 13.3. The molecule has 0 aliphatic carbocycles. The second-order valence-electron chi connectivity index (χ2n) is 6.05. The Labute approximate surface area is 162 Å². The van der Waals surface area contributed by atoms with Crippen LogP contribution in [0.1, 0.15) is 10.4 Å². The van der Waals surface area contributed by atoms with Crippen molar-refractivity contribution in [1.82, 2.24) is 9.97 Å². The Kier molecular flexibility index (Phi) is 5.16. The van der Waals surface area contributed by atoms with E-state index in [4.69, 9.17) is 9.72 Å². The predicted molar refractivity (Wildman–Crippen MR) is 112 cm³/mol. The van der Waals surface area contributed by atoms with Crippen LogP contribution in [0.25, 0.3) is 10.9 Å². The number of para-hydroxylation sites is 1. The summed E-state index contributed by atoms with van der Waals surface area (Å²) >= 11 is 1.73. The molecule has 2 N–H and O–H groups in total. The Balaban J connectivity index is 1.54. The third-order valence-corrected chi connectivity index (χ3v) is 5.10. The lowest BCUT2D eigenvalue weighted by atomic mass is 10.2. The van der Waals surface area contributed by atoms with Crippen LogP contribution in [0.2, 0.25) is 0 Å². The topological polar surface area (TPSA) is 59.1 Å². The van der Waals surface area contributed by atoms with Crippen molar-refractivity contribution in [2.45, 2.75) is 13.1 Å². The number of thiophene rings is 1. The average molecular weight is 376 g/mol. The smallest absolute Gasteiger partial charge is 0.225 e. The van der Waals surface area contributed by atoms with Gasteiger partial charge >= 0.3 is 0 Å². The van der Waals surface area contributed by atoms with Crippen molar-refractivity contribution in [2.24, 2.45) is 0 Å².